The molecule has 13 heteroatoms. The molecule has 2 aliphatic rings. The van der Waals surface area contributed by atoms with E-state index in [0.717, 1.165) is 28.5 Å². The number of carbonyl (C=O) groups excluding carboxylic acids is 3. The Kier molecular flexibility index (Phi) is 10.1. The highest BCUT2D eigenvalue weighted by Gasteiger charge is 2.52. The molecule has 0 aromatic heterocycles. The first-order chi connectivity index (χ1) is 20.0. The minimum Gasteiger partial charge on any atom is -0.448 e. The number of nitrogens with zero attached hydrogens (tertiary/aromatic N) is 1. The molecule has 1 saturated heterocycles. The summed E-state index contributed by atoms with van der Waals surface area (Å²) < 4.78 is 35.5. The molecule has 0 radical (unpaired) electrons. The highest BCUT2D eigenvalue weighted by Crippen LogP contribution is 2.43. The number of primary amides is 1. The Bertz CT molecular complexity index is 1540. The number of benzene rings is 3. The van der Waals surface area contributed by atoms with Crippen LogP contribution in [0.25, 0.3) is 0 Å². The molecule has 0 bridgehead atoms. The molecular formula is C29H29N3O7S3. The standard InChI is InChI=1S/C22H21N3O4S2.C7H8O3S/c23-16(26)12-30-15-11-31-21-17(24)20(27)25(21)18(15)22(28)29-19(13-7-3-1-4-8-13)14-9-5-2-6-10-14;1-6-2-4-7(5-3-6)11(8,9)10/h1-10,17,19,21H,11-12,24H2,(H2,23,26);2-5H,1H3,(H,8,9,10)/t17-,21+;/m1./s1. The summed E-state index contributed by atoms with van der Waals surface area (Å²) in [6, 6.07) is 24.1. The summed E-state index contributed by atoms with van der Waals surface area (Å²) in [5, 5.41) is -0.320. The number of ether oxygens (including phenoxy) is 1. The lowest BCUT2D eigenvalue weighted by Crippen LogP contribution is -2.68. The maximum absolute atomic E-state index is 13.4. The van der Waals surface area contributed by atoms with Gasteiger partial charge in [-0.25, -0.2) is 4.79 Å². The molecule has 42 heavy (non-hydrogen) atoms. The SMILES string of the molecule is Cc1ccc(S(=O)(=O)O)cc1.NC(=O)CSC1=C(C(=O)OC(c2ccccc2)c2ccccc2)N2C(=O)[C@@H](N)[C@@H]2SC1. The van der Waals surface area contributed by atoms with E-state index in [4.69, 9.17) is 20.8 Å². The van der Waals surface area contributed by atoms with Crippen LogP contribution in [0.2, 0.25) is 0 Å². The van der Waals surface area contributed by atoms with Crippen LogP contribution in [0.3, 0.4) is 0 Å². The first-order valence-corrected chi connectivity index (χ1v) is 16.1. The lowest BCUT2D eigenvalue weighted by atomic mass is 10.0. The second-order valence-electron chi connectivity index (χ2n) is 9.36. The molecular weight excluding hydrogens is 599 g/mol. The van der Waals surface area contributed by atoms with E-state index in [-0.39, 0.29) is 27.6 Å². The van der Waals surface area contributed by atoms with Gasteiger partial charge in [-0.15, -0.1) is 23.5 Å². The fourth-order valence-corrected chi connectivity index (χ4v) is 7.00. The van der Waals surface area contributed by atoms with E-state index in [1.54, 1.807) is 12.1 Å². The number of hydrogen-bond acceptors (Lipinski definition) is 9. The van der Waals surface area contributed by atoms with Crippen LogP contribution in [-0.4, -0.2) is 58.6 Å². The molecule has 2 amide bonds. The fourth-order valence-electron chi connectivity index (χ4n) is 4.20. The minimum atomic E-state index is -4.02. The predicted molar refractivity (Wildman–Crippen MR) is 162 cm³/mol. The second kappa shape index (κ2) is 13.6. The zero-order valence-electron chi connectivity index (χ0n) is 22.5. The molecule has 0 saturated carbocycles. The van der Waals surface area contributed by atoms with Crippen molar-refractivity contribution in [1.82, 2.24) is 4.90 Å². The summed E-state index contributed by atoms with van der Waals surface area (Å²) in [5.74, 6) is -1.01. The van der Waals surface area contributed by atoms with Gasteiger partial charge in [-0.05, 0) is 30.2 Å². The van der Waals surface area contributed by atoms with E-state index in [9.17, 15) is 22.8 Å². The van der Waals surface area contributed by atoms with Gasteiger partial charge in [0.25, 0.3) is 10.1 Å². The molecule has 10 nitrogen and oxygen atoms in total. The molecule has 3 aromatic rings. The Labute approximate surface area is 252 Å². The van der Waals surface area contributed by atoms with Gasteiger partial charge in [0, 0.05) is 10.7 Å². The first-order valence-electron chi connectivity index (χ1n) is 12.7. The molecule has 220 valence electrons. The normalized spacial score (nSPS) is 18.0. The van der Waals surface area contributed by atoms with Gasteiger partial charge in [0.05, 0.1) is 10.6 Å². The number of nitrogens with two attached hydrogens (primary N) is 2. The lowest BCUT2D eigenvalue weighted by molar-refractivity contribution is -0.152. The number of hydrogen-bond donors (Lipinski definition) is 3. The second-order valence-corrected chi connectivity index (χ2v) is 13.0. The number of carbonyl (C=O) groups is 3. The van der Waals surface area contributed by atoms with E-state index in [1.807, 2.05) is 67.6 Å². The van der Waals surface area contributed by atoms with Crippen LogP contribution in [-0.2, 0) is 29.2 Å². The van der Waals surface area contributed by atoms with E-state index >= 15 is 0 Å². The van der Waals surface area contributed by atoms with Crippen molar-refractivity contribution in [2.24, 2.45) is 11.5 Å². The number of esters is 1. The Morgan fingerprint density at radius 2 is 1.57 bits per heavy atom. The zero-order valence-corrected chi connectivity index (χ0v) is 24.9. The Balaban J connectivity index is 0.000000310. The average molecular weight is 628 g/mol. The van der Waals surface area contributed by atoms with Crippen LogP contribution in [0.1, 0.15) is 22.8 Å². The summed E-state index contributed by atoms with van der Waals surface area (Å²) >= 11 is 2.61. The third-order valence-electron chi connectivity index (χ3n) is 6.30. The largest absolute Gasteiger partial charge is 0.448 e. The molecule has 0 aliphatic carbocycles. The number of fused-ring (bicyclic) bond motifs is 1. The maximum Gasteiger partial charge on any atom is 0.356 e. The van der Waals surface area contributed by atoms with E-state index in [1.165, 1.54) is 28.8 Å². The van der Waals surface area contributed by atoms with Gasteiger partial charge in [0.15, 0.2) is 6.10 Å². The van der Waals surface area contributed by atoms with Crippen molar-refractivity contribution in [3.63, 3.8) is 0 Å². The summed E-state index contributed by atoms with van der Waals surface area (Å²) in [5.41, 5.74) is 13.9. The van der Waals surface area contributed by atoms with Crippen molar-refractivity contribution in [1.29, 1.82) is 0 Å². The number of rotatable bonds is 8. The third-order valence-corrected chi connectivity index (χ3v) is 9.77. The van der Waals surface area contributed by atoms with Crippen LogP contribution >= 0.6 is 23.5 Å². The van der Waals surface area contributed by atoms with Crippen LogP contribution in [0.4, 0.5) is 0 Å². The first kappa shape index (κ1) is 31.3. The third kappa shape index (κ3) is 7.41. The Morgan fingerprint density at radius 1 is 1.02 bits per heavy atom. The van der Waals surface area contributed by atoms with E-state index < -0.39 is 34.1 Å². The average Bonchev–Trinajstić information content (AvgIpc) is 2.98. The molecule has 5 N–H and O–H groups in total. The van der Waals surface area contributed by atoms with Crippen molar-refractivity contribution >= 4 is 51.4 Å². The van der Waals surface area contributed by atoms with Crippen molar-refractivity contribution in [3.8, 4) is 0 Å². The smallest absolute Gasteiger partial charge is 0.356 e. The zero-order chi connectivity index (χ0) is 30.4. The molecule has 2 heterocycles. The topological polar surface area (TPSA) is 170 Å². The van der Waals surface area contributed by atoms with Gasteiger partial charge in [-0.1, -0.05) is 78.4 Å². The van der Waals surface area contributed by atoms with Gasteiger partial charge < -0.3 is 16.2 Å². The summed E-state index contributed by atoms with van der Waals surface area (Å²) in [7, 11) is -4.02. The molecule has 1 fully saturated rings. The van der Waals surface area contributed by atoms with Gasteiger partial charge in [-0.3, -0.25) is 19.0 Å². The molecule has 3 aromatic carbocycles. The van der Waals surface area contributed by atoms with Crippen LogP contribution in [0.15, 0.2) is 100 Å². The number of aryl methyl sites for hydroxylation is 1. The molecule has 2 atom stereocenters. The molecule has 5 rings (SSSR count). The molecule has 0 spiro atoms. The number of thioether (sulfide) groups is 2. The summed E-state index contributed by atoms with van der Waals surface area (Å²) in [6.45, 7) is 1.84. The van der Waals surface area contributed by atoms with Gasteiger partial charge >= 0.3 is 5.97 Å². The Hall–Kier alpha value is -3.62. The highest BCUT2D eigenvalue weighted by molar-refractivity contribution is 8.06. The predicted octanol–water partition coefficient (Wildman–Crippen LogP) is 3.23. The summed E-state index contributed by atoms with van der Waals surface area (Å²) in [6.07, 6.45) is -0.650. The maximum atomic E-state index is 13.4. The summed E-state index contributed by atoms with van der Waals surface area (Å²) in [4.78, 5) is 39.1. The minimum absolute atomic E-state index is 0.00617. The van der Waals surface area contributed by atoms with Gasteiger partial charge in [0.1, 0.15) is 17.1 Å². The van der Waals surface area contributed by atoms with E-state index in [2.05, 4.69) is 0 Å². The molecule has 0 unspecified atom stereocenters. The van der Waals surface area contributed by atoms with E-state index in [0.29, 0.717) is 10.7 Å². The Morgan fingerprint density at radius 3 is 2.07 bits per heavy atom. The van der Waals surface area contributed by atoms with Crippen LogP contribution in [0, 0.1) is 6.92 Å². The fraction of sp³-hybridized carbons (Fsp3) is 0.207. The van der Waals surface area contributed by atoms with Crippen LogP contribution in [0.5, 0.6) is 0 Å². The highest BCUT2D eigenvalue weighted by atomic mass is 32.2. The number of β-lactam (4-membered cyclic amide) rings is 1. The van der Waals surface area contributed by atoms with Crippen LogP contribution < -0.4 is 11.5 Å². The van der Waals surface area contributed by atoms with Crippen molar-refractivity contribution in [2.45, 2.75) is 29.3 Å². The van der Waals surface area contributed by atoms with Crippen molar-refractivity contribution in [3.05, 3.63) is 112 Å². The van der Waals surface area contributed by atoms with Gasteiger partial charge in [0.2, 0.25) is 11.8 Å². The quantitative estimate of drug-likeness (QED) is 0.191. The lowest BCUT2D eigenvalue weighted by Gasteiger charge is -2.48. The number of amides is 2. The van der Waals surface area contributed by atoms with Gasteiger partial charge in [-0.2, -0.15) is 8.42 Å². The molecule has 2 aliphatic heterocycles. The monoisotopic (exact) mass is 627 g/mol. The van der Waals surface area contributed by atoms with Crippen molar-refractivity contribution in [2.75, 3.05) is 11.5 Å². The van der Waals surface area contributed by atoms with Crippen molar-refractivity contribution < 1.29 is 32.1 Å².